The highest BCUT2D eigenvalue weighted by molar-refractivity contribution is 9.11. The molecule has 0 radical (unpaired) electrons. The van der Waals surface area contributed by atoms with Gasteiger partial charge in [0.1, 0.15) is 0 Å². The molecule has 0 atom stereocenters. The molecule has 0 saturated carbocycles. The predicted molar refractivity (Wildman–Crippen MR) is 92.9 cm³/mol. The fourth-order valence-corrected chi connectivity index (χ4v) is 3.42. The standard InChI is InChI=1S/C13H8BrClN4S2/c14-11-6-5-8(21-11)7-16-19-12(17-18-13(19)20)9-3-1-2-4-10(9)15/h1-7H,(H,18,20)/b16-7-. The number of hydrogen-bond acceptors (Lipinski definition) is 4. The zero-order valence-corrected chi connectivity index (χ0v) is 14.4. The van der Waals surface area contributed by atoms with Gasteiger partial charge >= 0.3 is 0 Å². The summed E-state index contributed by atoms with van der Waals surface area (Å²) in [7, 11) is 0. The van der Waals surface area contributed by atoms with Crippen molar-refractivity contribution < 1.29 is 0 Å². The number of thiophene rings is 1. The highest BCUT2D eigenvalue weighted by Gasteiger charge is 2.11. The van der Waals surface area contributed by atoms with Crippen LogP contribution in [-0.2, 0) is 0 Å². The minimum atomic E-state index is 0.414. The van der Waals surface area contributed by atoms with Crippen molar-refractivity contribution in [3.8, 4) is 11.4 Å². The highest BCUT2D eigenvalue weighted by atomic mass is 79.9. The summed E-state index contributed by atoms with van der Waals surface area (Å²) in [5.74, 6) is 0.581. The number of H-pyrrole nitrogens is 1. The first kappa shape index (κ1) is 14.6. The number of hydrogen-bond donors (Lipinski definition) is 1. The molecule has 0 unspecified atom stereocenters. The smallest absolute Gasteiger partial charge is 0.216 e. The van der Waals surface area contributed by atoms with Crippen molar-refractivity contribution in [2.24, 2.45) is 5.10 Å². The maximum Gasteiger partial charge on any atom is 0.216 e. The second kappa shape index (κ2) is 6.23. The third kappa shape index (κ3) is 3.16. The van der Waals surface area contributed by atoms with Gasteiger partial charge in [-0.25, -0.2) is 5.10 Å². The van der Waals surface area contributed by atoms with E-state index < -0.39 is 0 Å². The van der Waals surface area contributed by atoms with Crippen LogP contribution in [0.5, 0.6) is 0 Å². The molecular weight excluding hydrogens is 392 g/mol. The van der Waals surface area contributed by atoms with Gasteiger partial charge in [-0.1, -0.05) is 23.7 Å². The Morgan fingerprint density at radius 2 is 2.14 bits per heavy atom. The van der Waals surface area contributed by atoms with E-state index in [1.807, 2.05) is 30.3 Å². The van der Waals surface area contributed by atoms with Crippen LogP contribution in [0.3, 0.4) is 0 Å². The molecule has 0 amide bonds. The zero-order valence-electron chi connectivity index (χ0n) is 10.5. The van der Waals surface area contributed by atoms with E-state index >= 15 is 0 Å². The minimum absolute atomic E-state index is 0.414. The van der Waals surface area contributed by atoms with Gasteiger partial charge in [-0.2, -0.15) is 14.9 Å². The van der Waals surface area contributed by atoms with E-state index in [9.17, 15) is 0 Å². The molecule has 2 aromatic heterocycles. The third-order valence-electron chi connectivity index (χ3n) is 2.66. The maximum atomic E-state index is 6.20. The van der Waals surface area contributed by atoms with Gasteiger partial charge in [0, 0.05) is 10.4 Å². The first-order valence-electron chi connectivity index (χ1n) is 5.87. The number of aromatic amines is 1. The Morgan fingerprint density at radius 3 is 2.86 bits per heavy atom. The Kier molecular flexibility index (Phi) is 4.34. The molecule has 0 spiro atoms. The number of benzene rings is 1. The zero-order chi connectivity index (χ0) is 14.8. The topological polar surface area (TPSA) is 46.0 Å². The number of aromatic nitrogens is 3. The molecule has 2 heterocycles. The van der Waals surface area contributed by atoms with Gasteiger partial charge < -0.3 is 0 Å². The Bertz CT molecular complexity index is 865. The highest BCUT2D eigenvalue weighted by Crippen LogP contribution is 2.26. The Labute approximate surface area is 143 Å². The first-order chi connectivity index (χ1) is 10.1. The van der Waals surface area contributed by atoms with Crippen LogP contribution in [0.15, 0.2) is 45.3 Å². The van der Waals surface area contributed by atoms with E-state index in [4.69, 9.17) is 23.8 Å². The number of nitrogens with zero attached hydrogens (tertiary/aromatic N) is 3. The van der Waals surface area contributed by atoms with Crippen LogP contribution in [0.25, 0.3) is 11.4 Å². The van der Waals surface area contributed by atoms with Gasteiger partial charge in [0.05, 0.1) is 15.0 Å². The van der Waals surface area contributed by atoms with Gasteiger partial charge in [0.2, 0.25) is 4.77 Å². The van der Waals surface area contributed by atoms with Crippen molar-refractivity contribution in [2.75, 3.05) is 0 Å². The molecule has 0 aliphatic heterocycles. The molecule has 0 fully saturated rings. The summed E-state index contributed by atoms with van der Waals surface area (Å²) < 4.78 is 3.02. The van der Waals surface area contributed by atoms with Crippen LogP contribution in [0, 0.1) is 4.77 Å². The third-order valence-corrected chi connectivity index (χ3v) is 4.81. The maximum absolute atomic E-state index is 6.20. The van der Waals surface area contributed by atoms with E-state index in [0.29, 0.717) is 15.6 Å². The van der Waals surface area contributed by atoms with E-state index in [2.05, 4.69) is 31.2 Å². The Balaban J connectivity index is 2.04. The normalized spacial score (nSPS) is 11.3. The molecule has 1 N–H and O–H groups in total. The quantitative estimate of drug-likeness (QED) is 0.499. The molecule has 3 aromatic rings. The first-order valence-corrected chi connectivity index (χ1v) is 8.27. The lowest BCUT2D eigenvalue weighted by atomic mass is 10.2. The average Bonchev–Trinajstić information content (AvgIpc) is 3.04. The van der Waals surface area contributed by atoms with Crippen molar-refractivity contribution in [3.05, 3.63) is 54.9 Å². The van der Waals surface area contributed by atoms with Crippen LogP contribution in [0.1, 0.15) is 4.88 Å². The van der Waals surface area contributed by atoms with Crippen molar-refractivity contribution >= 4 is 57.3 Å². The van der Waals surface area contributed by atoms with Crippen LogP contribution >= 0.6 is 51.1 Å². The molecule has 0 saturated heterocycles. The molecule has 0 aliphatic rings. The monoisotopic (exact) mass is 398 g/mol. The molecule has 0 aliphatic carbocycles. The Hall–Kier alpha value is -1.28. The Morgan fingerprint density at radius 1 is 1.33 bits per heavy atom. The van der Waals surface area contributed by atoms with Gasteiger partial charge in [-0.15, -0.1) is 11.3 Å². The summed E-state index contributed by atoms with van der Waals surface area (Å²) in [6.45, 7) is 0. The summed E-state index contributed by atoms with van der Waals surface area (Å²) in [6.07, 6.45) is 1.74. The molecule has 3 rings (SSSR count). The molecular formula is C13H8BrClN4S2. The lowest BCUT2D eigenvalue weighted by Crippen LogP contribution is -1.94. The molecule has 1 aromatic carbocycles. The van der Waals surface area contributed by atoms with Crippen molar-refractivity contribution in [1.29, 1.82) is 0 Å². The van der Waals surface area contributed by atoms with Crippen molar-refractivity contribution in [2.45, 2.75) is 0 Å². The van der Waals surface area contributed by atoms with Crippen LogP contribution < -0.4 is 0 Å². The lowest BCUT2D eigenvalue weighted by molar-refractivity contribution is 0.872. The van der Waals surface area contributed by atoms with Gasteiger partial charge in [-0.3, -0.25) is 0 Å². The summed E-state index contributed by atoms with van der Waals surface area (Å²) >= 11 is 16.4. The number of rotatable bonds is 3. The number of nitrogens with one attached hydrogen (secondary N) is 1. The number of halogens is 2. The van der Waals surface area contributed by atoms with E-state index in [1.54, 1.807) is 28.3 Å². The average molecular weight is 400 g/mol. The van der Waals surface area contributed by atoms with Gasteiger partial charge in [-0.05, 0) is 52.4 Å². The second-order valence-electron chi connectivity index (χ2n) is 4.03. The van der Waals surface area contributed by atoms with E-state index in [1.165, 1.54) is 0 Å². The van der Waals surface area contributed by atoms with E-state index in [-0.39, 0.29) is 0 Å². The largest absolute Gasteiger partial charge is 0.250 e. The molecule has 21 heavy (non-hydrogen) atoms. The fraction of sp³-hybridized carbons (Fsp3) is 0. The lowest BCUT2D eigenvalue weighted by Gasteiger charge is -2.02. The summed E-state index contributed by atoms with van der Waals surface area (Å²) in [5.41, 5.74) is 0.774. The molecule has 106 valence electrons. The minimum Gasteiger partial charge on any atom is -0.250 e. The molecule has 0 bridgehead atoms. The predicted octanol–water partition coefficient (Wildman–Crippen LogP) is 4.97. The summed E-state index contributed by atoms with van der Waals surface area (Å²) in [6, 6.07) is 11.4. The van der Waals surface area contributed by atoms with Gasteiger partial charge in [0.25, 0.3) is 0 Å². The van der Waals surface area contributed by atoms with Crippen molar-refractivity contribution in [1.82, 2.24) is 14.9 Å². The van der Waals surface area contributed by atoms with Crippen LogP contribution in [-0.4, -0.2) is 21.1 Å². The van der Waals surface area contributed by atoms with Crippen LogP contribution in [0.2, 0.25) is 5.02 Å². The summed E-state index contributed by atoms with van der Waals surface area (Å²) in [4.78, 5) is 1.01. The second-order valence-corrected chi connectivity index (χ2v) is 7.32. The van der Waals surface area contributed by atoms with E-state index in [0.717, 1.165) is 14.2 Å². The molecule has 4 nitrogen and oxygen atoms in total. The van der Waals surface area contributed by atoms with Crippen molar-refractivity contribution in [3.63, 3.8) is 0 Å². The SMILES string of the molecule is S=c1[nH]nc(-c2ccccc2Cl)n1/N=C\c1ccc(Br)s1. The molecule has 8 heteroatoms. The van der Waals surface area contributed by atoms with Gasteiger partial charge in [0.15, 0.2) is 5.82 Å². The summed E-state index contributed by atoms with van der Waals surface area (Å²) in [5, 5.41) is 11.9. The fourth-order valence-electron chi connectivity index (χ4n) is 1.73. The van der Waals surface area contributed by atoms with Crippen LogP contribution in [0.4, 0.5) is 0 Å².